The Labute approximate surface area is 155 Å². The van der Waals surface area contributed by atoms with Gasteiger partial charge in [-0.3, -0.25) is 9.69 Å². The lowest BCUT2D eigenvalue weighted by Crippen LogP contribution is -2.48. The summed E-state index contributed by atoms with van der Waals surface area (Å²) in [4.78, 5) is 18.3. The maximum atomic E-state index is 12.4. The summed E-state index contributed by atoms with van der Waals surface area (Å²) in [5, 5.41) is 2.12. The van der Waals surface area contributed by atoms with E-state index in [0.717, 1.165) is 45.6 Å². The highest BCUT2D eigenvalue weighted by Gasteiger charge is 2.29. The van der Waals surface area contributed by atoms with Gasteiger partial charge in [-0.15, -0.1) is 36.2 Å². The Morgan fingerprint density at radius 3 is 2.52 bits per heavy atom. The predicted octanol–water partition coefficient (Wildman–Crippen LogP) is 2.75. The number of amides is 1. The number of rotatable bonds is 4. The van der Waals surface area contributed by atoms with Crippen LogP contribution in [0.5, 0.6) is 0 Å². The normalized spacial score (nSPS) is 24.8. The molecule has 1 aromatic heterocycles. The fraction of sp³-hybridized carbons (Fsp3) is 0.688. The minimum Gasteiger partial charge on any atom is -0.340 e. The van der Waals surface area contributed by atoms with E-state index >= 15 is 0 Å². The van der Waals surface area contributed by atoms with E-state index < -0.39 is 0 Å². The van der Waals surface area contributed by atoms with Gasteiger partial charge in [0.05, 0.1) is 0 Å². The highest BCUT2D eigenvalue weighted by molar-refractivity contribution is 7.09. The molecule has 1 saturated carbocycles. The number of carbonyl (C=O) groups is 1. The van der Waals surface area contributed by atoms with Crippen molar-refractivity contribution in [3.05, 3.63) is 22.4 Å². The summed E-state index contributed by atoms with van der Waals surface area (Å²) in [6.07, 6.45) is 4.07. The molecule has 0 radical (unpaired) electrons. The van der Waals surface area contributed by atoms with Crippen LogP contribution in [0.25, 0.3) is 0 Å². The van der Waals surface area contributed by atoms with E-state index in [0.29, 0.717) is 18.2 Å². The first-order valence-corrected chi connectivity index (χ1v) is 8.88. The number of nitrogens with zero attached hydrogens (tertiary/aromatic N) is 2. The quantitative estimate of drug-likeness (QED) is 0.874. The maximum absolute atomic E-state index is 12.4. The molecule has 3 rings (SSSR count). The zero-order chi connectivity index (χ0) is 14.7. The summed E-state index contributed by atoms with van der Waals surface area (Å²) in [7, 11) is 0. The number of nitrogens with two attached hydrogens (primary N) is 1. The summed E-state index contributed by atoms with van der Waals surface area (Å²) >= 11 is 1.81. The molecule has 0 aromatic carbocycles. The van der Waals surface area contributed by atoms with Crippen molar-refractivity contribution >= 4 is 42.1 Å². The van der Waals surface area contributed by atoms with Crippen LogP contribution >= 0.6 is 36.2 Å². The van der Waals surface area contributed by atoms with Gasteiger partial charge in [0, 0.05) is 50.1 Å². The van der Waals surface area contributed by atoms with Crippen molar-refractivity contribution < 1.29 is 4.79 Å². The molecular weight excluding hydrogens is 353 g/mol. The van der Waals surface area contributed by atoms with Crippen molar-refractivity contribution in [2.24, 2.45) is 11.7 Å². The monoisotopic (exact) mass is 379 g/mol. The molecule has 2 atom stereocenters. The molecule has 0 bridgehead atoms. The standard InChI is InChI=1S/C16H25N3OS.2ClH/c17-15-5-1-3-13(15)11-16(20)19-8-6-18(7-9-19)12-14-4-2-10-21-14;;/h2,4,10,13,15H,1,3,5-9,11-12,17H2;2*1H/t13-,15+;;/m0../s1. The first-order chi connectivity index (χ1) is 10.2. The molecule has 2 N–H and O–H groups in total. The SMILES string of the molecule is Cl.Cl.N[C@@H]1CCC[C@H]1CC(=O)N1CCN(Cc2cccs2)CC1. The number of halogens is 2. The highest BCUT2D eigenvalue weighted by Crippen LogP contribution is 2.27. The summed E-state index contributed by atoms with van der Waals surface area (Å²) in [5.41, 5.74) is 6.08. The minimum absolute atomic E-state index is 0. The molecule has 2 aliphatic rings. The lowest BCUT2D eigenvalue weighted by molar-refractivity contribution is -0.134. The number of carbonyl (C=O) groups excluding carboxylic acids is 1. The van der Waals surface area contributed by atoms with Crippen molar-refractivity contribution in [1.29, 1.82) is 0 Å². The van der Waals surface area contributed by atoms with Gasteiger partial charge in [0.1, 0.15) is 0 Å². The molecule has 4 nitrogen and oxygen atoms in total. The van der Waals surface area contributed by atoms with Gasteiger partial charge in [0.15, 0.2) is 0 Å². The van der Waals surface area contributed by atoms with Crippen LogP contribution < -0.4 is 5.73 Å². The van der Waals surface area contributed by atoms with Crippen molar-refractivity contribution in [1.82, 2.24) is 9.80 Å². The van der Waals surface area contributed by atoms with E-state index in [1.54, 1.807) is 0 Å². The van der Waals surface area contributed by atoms with E-state index in [1.807, 2.05) is 16.2 Å². The van der Waals surface area contributed by atoms with E-state index in [4.69, 9.17) is 5.73 Å². The van der Waals surface area contributed by atoms with Crippen LogP contribution in [0, 0.1) is 5.92 Å². The Bertz CT molecular complexity index is 464. The largest absolute Gasteiger partial charge is 0.340 e. The zero-order valence-electron chi connectivity index (χ0n) is 13.4. The van der Waals surface area contributed by atoms with Gasteiger partial charge in [-0.2, -0.15) is 0 Å². The van der Waals surface area contributed by atoms with Crippen LogP contribution in [-0.4, -0.2) is 47.9 Å². The van der Waals surface area contributed by atoms with Gasteiger partial charge in [0.25, 0.3) is 0 Å². The third kappa shape index (κ3) is 5.61. The smallest absolute Gasteiger partial charge is 0.222 e. The molecule has 132 valence electrons. The maximum Gasteiger partial charge on any atom is 0.222 e. The van der Waals surface area contributed by atoms with E-state index in [2.05, 4.69) is 22.4 Å². The summed E-state index contributed by atoms with van der Waals surface area (Å²) < 4.78 is 0. The molecule has 2 fully saturated rings. The minimum atomic E-state index is 0. The summed E-state index contributed by atoms with van der Waals surface area (Å²) in [5.74, 6) is 0.731. The van der Waals surface area contributed by atoms with Crippen molar-refractivity contribution in [2.75, 3.05) is 26.2 Å². The molecule has 1 saturated heterocycles. The third-order valence-corrected chi connectivity index (χ3v) is 5.70. The molecule has 1 aliphatic heterocycles. The molecule has 0 spiro atoms. The lowest BCUT2D eigenvalue weighted by Gasteiger charge is -2.35. The second-order valence-electron chi connectivity index (χ2n) is 6.30. The average molecular weight is 380 g/mol. The molecular formula is C16H27Cl2N3OS. The fourth-order valence-corrected chi connectivity index (χ4v) is 4.20. The van der Waals surface area contributed by atoms with Gasteiger partial charge in [-0.05, 0) is 30.2 Å². The molecule has 23 heavy (non-hydrogen) atoms. The first kappa shape index (κ1) is 20.7. The Hall–Kier alpha value is -0.330. The number of hydrogen-bond donors (Lipinski definition) is 1. The van der Waals surface area contributed by atoms with E-state index in [9.17, 15) is 4.79 Å². The Balaban J connectivity index is 0.00000132. The molecule has 0 unspecified atom stereocenters. The van der Waals surface area contributed by atoms with Gasteiger partial charge >= 0.3 is 0 Å². The number of piperazine rings is 1. The molecule has 1 aliphatic carbocycles. The van der Waals surface area contributed by atoms with E-state index in [1.165, 1.54) is 11.3 Å². The van der Waals surface area contributed by atoms with Crippen LogP contribution in [0.1, 0.15) is 30.6 Å². The summed E-state index contributed by atoms with van der Waals surface area (Å²) in [6, 6.07) is 4.53. The van der Waals surface area contributed by atoms with Gasteiger partial charge in [-0.1, -0.05) is 12.5 Å². The zero-order valence-corrected chi connectivity index (χ0v) is 15.8. The van der Waals surface area contributed by atoms with Crippen LogP contribution in [-0.2, 0) is 11.3 Å². The Morgan fingerprint density at radius 2 is 1.96 bits per heavy atom. The highest BCUT2D eigenvalue weighted by atomic mass is 35.5. The third-order valence-electron chi connectivity index (χ3n) is 4.84. The second-order valence-corrected chi connectivity index (χ2v) is 7.33. The van der Waals surface area contributed by atoms with Crippen LogP contribution in [0.2, 0.25) is 0 Å². The van der Waals surface area contributed by atoms with Gasteiger partial charge < -0.3 is 10.6 Å². The second kappa shape index (κ2) is 9.84. The Morgan fingerprint density at radius 1 is 1.22 bits per heavy atom. The predicted molar refractivity (Wildman–Crippen MR) is 101 cm³/mol. The average Bonchev–Trinajstić information content (AvgIpc) is 3.12. The van der Waals surface area contributed by atoms with Crippen molar-refractivity contribution in [2.45, 2.75) is 38.3 Å². The van der Waals surface area contributed by atoms with Crippen LogP contribution in [0.3, 0.4) is 0 Å². The van der Waals surface area contributed by atoms with E-state index in [-0.39, 0.29) is 30.9 Å². The lowest BCUT2D eigenvalue weighted by atomic mass is 9.99. The number of thiophene rings is 1. The van der Waals surface area contributed by atoms with Gasteiger partial charge in [-0.25, -0.2) is 0 Å². The fourth-order valence-electron chi connectivity index (χ4n) is 3.45. The molecule has 2 heterocycles. The molecule has 1 amide bonds. The molecule has 1 aromatic rings. The topological polar surface area (TPSA) is 49.6 Å². The van der Waals surface area contributed by atoms with Gasteiger partial charge in [0.2, 0.25) is 5.91 Å². The van der Waals surface area contributed by atoms with Crippen LogP contribution in [0.15, 0.2) is 17.5 Å². The van der Waals surface area contributed by atoms with Crippen LogP contribution in [0.4, 0.5) is 0 Å². The van der Waals surface area contributed by atoms with Crippen molar-refractivity contribution in [3.63, 3.8) is 0 Å². The number of hydrogen-bond acceptors (Lipinski definition) is 4. The first-order valence-electron chi connectivity index (χ1n) is 8.00. The molecule has 7 heteroatoms. The Kier molecular flexibility index (Phi) is 8.86. The summed E-state index contributed by atoms with van der Waals surface area (Å²) in [6.45, 7) is 4.73. The van der Waals surface area contributed by atoms with Crippen molar-refractivity contribution in [3.8, 4) is 0 Å².